The molecule has 3 aromatic rings. The van der Waals surface area contributed by atoms with Crippen LogP contribution in [0.1, 0.15) is 43.2 Å². The third kappa shape index (κ3) is 7.09. The number of nitrogens with one attached hydrogen (secondary N) is 4. The van der Waals surface area contributed by atoms with E-state index in [1.807, 2.05) is 24.3 Å². The summed E-state index contributed by atoms with van der Waals surface area (Å²) < 4.78 is 5.94. The number of H-pyrrole nitrogens is 1. The van der Waals surface area contributed by atoms with Gasteiger partial charge in [-0.3, -0.25) is 24.0 Å². The molecule has 2 aromatic carbocycles. The highest BCUT2D eigenvalue weighted by atomic mass is 16.5. The number of carbonyl (C=O) groups is 4. The van der Waals surface area contributed by atoms with Crippen LogP contribution in [0.3, 0.4) is 0 Å². The van der Waals surface area contributed by atoms with E-state index in [0.717, 1.165) is 5.56 Å². The van der Waals surface area contributed by atoms with E-state index in [0.29, 0.717) is 22.6 Å². The summed E-state index contributed by atoms with van der Waals surface area (Å²) in [6, 6.07) is 11.0. The predicted molar refractivity (Wildman–Crippen MR) is 169 cm³/mol. The van der Waals surface area contributed by atoms with Crippen LogP contribution in [-0.4, -0.2) is 87.5 Å². The number of rotatable bonds is 3. The molecule has 0 radical (unpaired) electrons. The molecular weight excluding hydrogens is 592 g/mol. The molecule has 1 aromatic heterocycles. The summed E-state index contributed by atoms with van der Waals surface area (Å²) in [5.74, 6) is -1.70. The van der Waals surface area contributed by atoms with Gasteiger partial charge in [0.25, 0.3) is 11.5 Å². The Bertz CT molecular complexity index is 1700. The highest BCUT2D eigenvalue weighted by Gasteiger charge is 2.41. The van der Waals surface area contributed by atoms with Crippen molar-refractivity contribution in [1.29, 1.82) is 0 Å². The Morgan fingerprint density at radius 2 is 1.63 bits per heavy atom. The second-order valence-electron chi connectivity index (χ2n) is 12.0. The second kappa shape index (κ2) is 13.5. The Kier molecular flexibility index (Phi) is 9.52. The fourth-order valence-electron chi connectivity index (χ4n) is 5.68. The molecule has 0 bridgehead atoms. The van der Waals surface area contributed by atoms with Gasteiger partial charge in [0.05, 0.1) is 18.2 Å². The molecule has 2 aliphatic heterocycles. The van der Waals surface area contributed by atoms with Crippen LogP contribution in [0.4, 0.5) is 0 Å². The molecule has 5 N–H and O–H groups in total. The van der Waals surface area contributed by atoms with Gasteiger partial charge < -0.3 is 35.7 Å². The Balaban J connectivity index is 1.45. The highest BCUT2D eigenvalue weighted by Crippen LogP contribution is 2.29. The quantitative estimate of drug-likeness (QED) is 0.286. The lowest BCUT2D eigenvalue weighted by atomic mass is 9.99. The van der Waals surface area contributed by atoms with Crippen molar-refractivity contribution in [2.75, 3.05) is 19.7 Å². The predicted octanol–water partition coefficient (Wildman–Crippen LogP) is 1.14. The number of aliphatic hydroxyl groups is 1. The van der Waals surface area contributed by atoms with Crippen molar-refractivity contribution in [1.82, 2.24) is 30.8 Å². The van der Waals surface area contributed by atoms with E-state index in [1.54, 1.807) is 39.0 Å². The third-order valence-corrected chi connectivity index (χ3v) is 8.07. The lowest BCUT2D eigenvalue weighted by Crippen LogP contribution is -2.57. The molecule has 1 saturated heterocycles. The lowest BCUT2D eigenvalue weighted by molar-refractivity contribution is -0.141. The summed E-state index contributed by atoms with van der Waals surface area (Å²) in [4.78, 5) is 73.7. The molecule has 13 heteroatoms. The van der Waals surface area contributed by atoms with Gasteiger partial charge in [-0.05, 0) is 43.0 Å². The second-order valence-corrected chi connectivity index (χ2v) is 12.0. The average Bonchev–Trinajstić information content (AvgIpc) is 3.41. The maximum atomic E-state index is 13.7. The monoisotopic (exact) mass is 630 g/mol. The molecule has 5 rings (SSSR count). The van der Waals surface area contributed by atoms with Crippen LogP contribution in [-0.2, 0) is 14.4 Å². The summed E-state index contributed by atoms with van der Waals surface area (Å²) in [6.07, 6.45) is -0.792. The SMILES string of the molecule is Cc1cc(=O)[nH]c(-c2ccc(-c3ccc4c(c3)C(=O)N[C@@H](C(C)C)C(=O)N[C@H](C)C(=O)N3C[C@@H](O)C[C@H]3C(=O)NCCO4)cc2)n1. The van der Waals surface area contributed by atoms with Crippen molar-refractivity contribution in [3.05, 3.63) is 70.1 Å². The number of benzene rings is 2. The Hall–Kier alpha value is -5.04. The van der Waals surface area contributed by atoms with Gasteiger partial charge in [-0.25, -0.2) is 4.98 Å². The van der Waals surface area contributed by atoms with Gasteiger partial charge in [0.15, 0.2) is 0 Å². The maximum Gasteiger partial charge on any atom is 0.255 e. The van der Waals surface area contributed by atoms with Crippen LogP contribution in [0.15, 0.2) is 53.3 Å². The molecule has 46 heavy (non-hydrogen) atoms. The van der Waals surface area contributed by atoms with Crippen molar-refractivity contribution in [2.24, 2.45) is 5.92 Å². The minimum atomic E-state index is -1.00. The summed E-state index contributed by atoms with van der Waals surface area (Å²) >= 11 is 0. The van der Waals surface area contributed by atoms with E-state index in [1.165, 1.54) is 17.9 Å². The zero-order valence-corrected chi connectivity index (χ0v) is 26.1. The molecule has 0 spiro atoms. The van der Waals surface area contributed by atoms with E-state index in [2.05, 4.69) is 25.9 Å². The normalized spacial score (nSPS) is 22.8. The van der Waals surface area contributed by atoms with Crippen LogP contribution < -0.4 is 26.2 Å². The summed E-state index contributed by atoms with van der Waals surface area (Å²) in [5.41, 5.74) is 2.72. The molecule has 242 valence electrons. The number of aliphatic hydroxyl groups excluding tert-OH is 1. The number of ether oxygens (including phenoxy) is 1. The van der Waals surface area contributed by atoms with Crippen molar-refractivity contribution in [2.45, 2.75) is 58.3 Å². The van der Waals surface area contributed by atoms with Gasteiger partial charge in [-0.2, -0.15) is 0 Å². The van der Waals surface area contributed by atoms with Crippen LogP contribution in [0, 0.1) is 12.8 Å². The Morgan fingerprint density at radius 1 is 0.935 bits per heavy atom. The third-order valence-electron chi connectivity index (χ3n) is 8.07. The number of nitrogens with zero attached hydrogens (tertiary/aromatic N) is 2. The van der Waals surface area contributed by atoms with E-state index in [-0.39, 0.29) is 48.9 Å². The maximum absolute atomic E-state index is 13.7. The average molecular weight is 631 g/mol. The molecule has 4 atom stereocenters. The number of carbonyl (C=O) groups excluding carboxylic acids is 4. The molecule has 4 amide bonds. The minimum Gasteiger partial charge on any atom is -0.491 e. The van der Waals surface area contributed by atoms with Gasteiger partial charge in [-0.1, -0.05) is 44.2 Å². The first-order valence-corrected chi connectivity index (χ1v) is 15.2. The zero-order valence-electron chi connectivity index (χ0n) is 26.1. The molecular formula is C33H38N6O7. The van der Waals surface area contributed by atoms with Gasteiger partial charge >= 0.3 is 0 Å². The summed E-state index contributed by atoms with van der Waals surface area (Å²) in [5, 5.41) is 18.5. The van der Waals surface area contributed by atoms with E-state index >= 15 is 0 Å². The molecule has 0 unspecified atom stereocenters. The summed E-state index contributed by atoms with van der Waals surface area (Å²) in [6.45, 7) is 6.89. The van der Waals surface area contributed by atoms with Crippen LogP contribution >= 0.6 is 0 Å². The molecule has 13 nitrogen and oxygen atoms in total. The largest absolute Gasteiger partial charge is 0.491 e. The number of aromatic nitrogens is 2. The number of aromatic amines is 1. The van der Waals surface area contributed by atoms with Gasteiger partial charge in [0.1, 0.15) is 36.3 Å². The van der Waals surface area contributed by atoms with Crippen molar-refractivity contribution in [3.63, 3.8) is 0 Å². The molecule has 0 saturated carbocycles. The van der Waals surface area contributed by atoms with Crippen LogP contribution in [0.2, 0.25) is 0 Å². The van der Waals surface area contributed by atoms with Gasteiger partial charge in [0, 0.05) is 30.3 Å². The summed E-state index contributed by atoms with van der Waals surface area (Å²) in [7, 11) is 0. The van der Waals surface area contributed by atoms with E-state index in [9.17, 15) is 29.1 Å². The lowest BCUT2D eigenvalue weighted by Gasteiger charge is -2.29. The number of hydrogen-bond donors (Lipinski definition) is 5. The topological polar surface area (TPSA) is 183 Å². The van der Waals surface area contributed by atoms with Crippen LogP contribution in [0.25, 0.3) is 22.5 Å². The molecule has 2 aliphatic rings. The molecule has 3 heterocycles. The zero-order chi connectivity index (χ0) is 33.1. The number of amides is 4. The number of hydrogen-bond acceptors (Lipinski definition) is 8. The number of fused-ring (bicyclic) bond motifs is 2. The number of aryl methyl sites for hydroxylation is 1. The first-order chi connectivity index (χ1) is 21.9. The molecule has 0 aliphatic carbocycles. The smallest absolute Gasteiger partial charge is 0.255 e. The van der Waals surface area contributed by atoms with Crippen molar-refractivity contribution in [3.8, 4) is 28.3 Å². The minimum absolute atomic E-state index is 0.0233. The van der Waals surface area contributed by atoms with Gasteiger partial charge in [0.2, 0.25) is 17.7 Å². The molecule has 1 fully saturated rings. The van der Waals surface area contributed by atoms with E-state index < -0.39 is 47.9 Å². The highest BCUT2D eigenvalue weighted by molar-refractivity contribution is 6.01. The van der Waals surface area contributed by atoms with Crippen molar-refractivity contribution >= 4 is 23.6 Å². The standard InChI is InChI=1S/C33H38N6O7/c1-17(2)28-32(44)36-19(4)33(45)39-16-23(40)15-25(39)31(43)34-11-12-46-26-10-9-22(14-24(26)30(42)38-28)20-5-7-21(8-6-20)29-35-18(3)13-27(41)37-29/h5-10,13-14,17,19,23,25,28,40H,11-12,15-16H2,1-4H3,(H,34,43)(H,36,44)(H,38,42)(H,35,37,41)/t19-,23+,25+,28+/m1/s1. The fourth-order valence-corrected chi connectivity index (χ4v) is 5.68. The first-order valence-electron chi connectivity index (χ1n) is 15.2. The first kappa shape index (κ1) is 32.4. The van der Waals surface area contributed by atoms with Crippen LogP contribution in [0.5, 0.6) is 5.75 Å². The van der Waals surface area contributed by atoms with Crippen molar-refractivity contribution < 1.29 is 29.0 Å². The van der Waals surface area contributed by atoms with Gasteiger partial charge in [-0.15, -0.1) is 0 Å². The fraction of sp³-hybridized carbons (Fsp3) is 0.394. The Morgan fingerprint density at radius 3 is 2.33 bits per heavy atom. The van der Waals surface area contributed by atoms with E-state index in [4.69, 9.17) is 4.74 Å². The Labute approximate surface area is 265 Å².